The van der Waals surface area contributed by atoms with Gasteiger partial charge in [-0.3, -0.25) is 0 Å². The topological polar surface area (TPSA) is 93.6 Å². The van der Waals surface area contributed by atoms with Crippen LogP contribution in [0.3, 0.4) is 0 Å². The Morgan fingerprint density at radius 1 is 1.48 bits per heavy atom. The molecule has 0 saturated carbocycles. The fraction of sp³-hybridized carbons (Fsp3) is 0.471. The highest BCUT2D eigenvalue weighted by Crippen LogP contribution is 2.29. The van der Waals surface area contributed by atoms with E-state index in [4.69, 9.17) is 16.2 Å². The first-order chi connectivity index (χ1) is 11.0. The van der Waals surface area contributed by atoms with Gasteiger partial charge in [0, 0.05) is 24.5 Å². The first-order valence-electron chi connectivity index (χ1n) is 8.05. The van der Waals surface area contributed by atoms with Crippen molar-refractivity contribution >= 4 is 17.4 Å². The number of hydrogen-bond donors (Lipinski definition) is 3. The summed E-state index contributed by atoms with van der Waals surface area (Å²) >= 11 is 0. The molecule has 5 N–H and O–H groups in total. The number of likely N-dealkylation sites (tertiary alicyclic amines) is 1. The Bertz CT molecular complexity index is 574. The van der Waals surface area contributed by atoms with Crippen LogP contribution in [0, 0.1) is 0 Å². The van der Waals surface area contributed by atoms with Crippen molar-refractivity contribution in [3.8, 4) is 5.75 Å². The summed E-state index contributed by atoms with van der Waals surface area (Å²) in [5.41, 5.74) is 13.3. The highest BCUT2D eigenvalue weighted by Gasteiger charge is 2.27. The minimum Gasteiger partial charge on any atom is -0.491 e. The maximum Gasteiger partial charge on any atom is 0.317 e. The maximum atomic E-state index is 12.2. The van der Waals surface area contributed by atoms with Crippen LogP contribution in [0.4, 0.5) is 10.5 Å². The van der Waals surface area contributed by atoms with Gasteiger partial charge in [0.1, 0.15) is 12.4 Å². The number of carbonyl (C=O) groups is 1. The molecule has 1 atom stereocenters. The summed E-state index contributed by atoms with van der Waals surface area (Å²) in [6.07, 6.45) is 3.05. The van der Waals surface area contributed by atoms with Gasteiger partial charge in [-0.1, -0.05) is 12.6 Å². The Balaban J connectivity index is 2.08. The molecule has 0 aromatic heterocycles. The highest BCUT2D eigenvalue weighted by molar-refractivity contribution is 5.76. The minimum atomic E-state index is -0.0307. The number of rotatable bonds is 5. The van der Waals surface area contributed by atoms with Crippen molar-refractivity contribution in [3.63, 3.8) is 0 Å². The molecule has 1 saturated heterocycles. The first-order valence-corrected chi connectivity index (χ1v) is 8.05. The Morgan fingerprint density at radius 3 is 2.96 bits per heavy atom. The number of nitrogen functional groups attached to an aromatic ring is 1. The number of nitrogens with one attached hydrogen (secondary N) is 1. The number of amides is 2. The van der Waals surface area contributed by atoms with E-state index in [2.05, 4.69) is 11.9 Å². The number of hydrogen-bond acceptors (Lipinski definition) is 4. The second kappa shape index (κ2) is 7.76. The summed E-state index contributed by atoms with van der Waals surface area (Å²) in [7, 11) is 0. The summed E-state index contributed by atoms with van der Waals surface area (Å²) in [6.45, 7) is 7.46. The summed E-state index contributed by atoms with van der Waals surface area (Å²) in [5.74, 6) is 0.610. The molecule has 1 heterocycles. The third-order valence-corrected chi connectivity index (χ3v) is 4.03. The second-order valence-electron chi connectivity index (χ2n) is 5.74. The molecular formula is C17H26N4O2. The Kier molecular flexibility index (Phi) is 5.73. The van der Waals surface area contributed by atoms with E-state index in [0.717, 1.165) is 25.8 Å². The number of nitrogens with zero attached hydrogens (tertiary/aromatic N) is 1. The zero-order chi connectivity index (χ0) is 16.8. The third kappa shape index (κ3) is 4.09. The van der Waals surface area contributed by atoms with Gasteiger partial charge in [0.05, 0.1) is 11.6 Å². The van der Waals surface area contributed by atoms with Crippen molar-refractivity contribution in [2.45, 2.75) is 32.2 Å². The van der Waals surface area contributed by atoms with Crippen molar-refractivity contribution in [1.82, 2.24) is 10.2 Å². The third-order valence-electron chi connectivity index (χ3n) is 4.03. The van der Waals surface area contributed by atoms with Crippen LogP contribution >= 0.6 is 0 Å². The molecule has 1 aliphatic heterocycles. The van der Waals surface area contributed by atoms with Crippen LogP contribution in [0.2, 0.25) is 0 Å². The van der Waals surface area contributed by atoms with E-state index < -0.39 is 0 Å². The van der Waals surface area contributed by atoms with E-state index in [1.807, 2.05) is 24.0 Å². The Hall–Kier alpha value is -2.37. The summed E-state index contributed by atoms with van der Waals surface area (Å²) in [5, 5.41) is 2.86. The van der Waals surface area contributed by atoms with E-state index >= 15 is 0 Å². The van der Waals surface area contributed by atoms with Crippen LogP contribution in [0.1, 0.15) is 31.7 Å². The molecule has 0 unspecified atom stereocenters. The molecule has 2 amide bonds. The van der Waals surface area contributed by atoms with Gasteiger partial charge in [0.2, 0.25) is 0 Å². The first kappa shape index (κ1) is 17.0. The molecule has 1 aliphatic rings. The number of ether oxygens (including phenoxy) is 1. The zero-order valence-electron chi connectivity index (χ0n) is 13.7. The molecule has 6 heteroatoms. The molecule has 1 fully saturated rings. The van der Waals surface area contributed by atoms with E-state index in [9.17, 15) is 4.79 Å². The largest absolute Gasteiger partial charge is 0.491 e. The lowest BCUT2D eigenvalue weighted by Gasteiger charge is -2.35. The van der Waals surface area contributed by atoms with Crippen molar-refractivity contribution in [3.05, 3.63) is 30.3 Å². The normalized spacial score (nSPS) is 17.6. The SMILES string of the molecule is C=C(N)c1c(N)cccc1OC[C@@H]1CCCCN1C(=O)NCC. The minimum absolute atomic E-state index is 0.0307. The monoisotopic (exact) mass is 318 g/mol. The summed E-state index contributed by atoms with van der Waals surface area (Å²) in [4.78, 5) is 14.0. The number of nitrogens with two attached hydrogens (primary N) is 2. The molecule has 0 radical (unpaired) electrons. The molecular weight excluding hydrogens is 292 g/mol. The summed E-state index contributed by atoms with van der Waals surface area (Å²) < 4.78 is 5.93. The van der Waals surface area contributed by atoms with E-state index in [1.54, 1.807) is 6.07 Å². The number of benzene rings is 1. The van der Waals surface area contributed by atoms with Gasteiger partial charge < -0.3 is 26.4 Å². The average molecular weight is 318 g/mol. The van der Waals surface area contributed by atoms with Crippen molar-refractivity contribution in [2.24, 2.45) is 5.73 Å². The molecule has 0 spiro atoms. The Labute approximate surface area is 137 Å². The van der Waals surface area contributed by atoms with E-state index in [0.29, 0.717) is 35.8 Å². The number of anilines is 1. The van der Waals surface area contributed by atoms with Crippen molar-refractivity contribution in [2.75, 3.05) is 25.4 Å². The molecule has 0 aliphatic carbocycles. The lowest BCUT2D eigenvalue weighted by atomic mass is 10.0. The van der Waals surface area contributed by atoms with E-state index in [1.165, 1.54) is 0 Å². The van der Waals surface area contributed by atoms with Crippen LogP contribution in [0.25, 0.3) is 5.70 Å². The molecule has 1 aromatic rings. The van der Waals surface area contributed by atoms with Crippen LogP contribution in [0.5, 0.6) is 5.75 Å². The molecule has 23 heavy (non-hydrogen) atoms. The molecule has 0 bridgehead atoms. The van der Waals surface area contributed by atoms with Gasteiger partial charge >= 0.3 is 6.03 Å². The number of urea groups is 1. The quantitative estimate of drug-likeness (QED) is 0.725. The predicted molar refractivity (Wildman–Crippen MR) is 93.0 cm³/mol. The van der Waals surface area contributed by atoms with Gasteiger partial charge in [0.15, 0.2) is 0 Å². The molecule has 2 rings (SSSR count). The summed E-state index contributed by atoms with van der Waals surface area (Å²) in [6, 6.07) is 5.43. The smallest absolute Gasteiger partial charge is 0.317 e. The van der Waals surface area contributed by atoms with Crippen molar-refractivity contribution < 1.29 is 9.53 Å². The van der Waals surface area contributed by atoms with Crippen molar-refractivity contribution in [1.29, 1.82) is 0 Å². The maximum absolute atomic E-state index is 12.2. The zero-order valence-corrected chi connectivity index (χ0v) is 13.7. The molecule has 126 valence electrons. The number of piperidine rings is 1. The Morgan fingerprint density at radius 2 is 2.26 bits per heavy atom. The van der Waals surface area contributed by atoms with Gasteiger partial charge in [-0.25, -0.2) is 4.79 Å². The van der Waals surface area contributed by atoms with Crippen LogP contribution in [-0.4, -0.2) is 36.7 Å². The molecule has 6 nitrogen and oxygen atoms in total. The standard InChI is InChI=1S/C17H26N4O2/c1-3-20-17(22)21-10-5-4-7-13(21)11-23-15-9-6-8-14(19)16(15)12(2)18/h6,8-9,13H,2-5,7,10-11,18-19H2,1H3,(H,20,22)/t13-/m0/s1. The molecule has 1 aromatic carbocycles. The lowest BCUT2D eigenvalue weighted by molar-refractivity contribution is 0.116. The fourth-order valence-electron chi connectivity index (χ4n) is 2.89. The predicted octanol–water partition coefficient (Wildman–Crippen LogP) is 2.16. The van der Waals surface area contributed by atoms with Gasteiger partial charge in [-0.2, -0.15) is 0 Å². The van der Waals surface area contributed by atoms with Gasteiger partial charge in [0.25, 0.3) is 0 Å². The number of carbonyl (C=O) groups excluding carboxylic acids is 1. The van der Waals surface area contributed by atoms with E-state index in [-0.39, 0.29) is 12.1 Å². The highest BCUT2D eigenvalue weighted by atomic mass is 16.5. The van der Waals surface area contributed by atoms with Gasteiger partial charge in [-0.05, 0) is 38.3 Å². The second-order valence-corrected chi connectivity index (χ2v) is 5.74. The van der Waals surface area contributed by atoms with Gasteiger partial charge in [-0.15, -0.1) is 0 Å². The van der Waals surface area contributed by atoms with Crippen LogP contribution < -0.4 is 21.5 Å². The average Bonchev–Trinajstić information content (AvgIpc) is 2.53. The fourth-order valence-corrected chi connectivity index (χ4v) is 2.89. The lowest BCUT2D eigenvalue weighted by Crippen LogP contribution is -2.50. The van der Waals surface area contributed by atoms with Crippen LogP contribution in [0.15, 0.2) is 24.8 Å². The van der Waals surface area contributed by atoms with Crippen LogP contribution in [-0.2, 0) is 0 Å².